The lowest BCUT2D eigenvalue weighted by Gasteiger charge is -2.13. The smallest absolute Gasteiger partial charge is 0.489 e. The maximum absolute atomic E-state index is 12.6. The van der Waals surface area contributed by atoms with Gasteiger partial charge in [0.05, 0.1) is 12.6 Å². The minimum absolute atomic E-state index is 0.0498. The molecule has 0 fully saturated rings. The lowest BCUT2D eigenvalue weighted by atomic mass is 9.77. The molecule has 0 saturated heterocycles. The van der Waals surface area contributed by atoms with Gasteiger partial charge in [-0.15, -0.1) is 0 Å². The molecule has 0 aromatic heterocycles. The first-order chi connectivity index (χ1) is 13.0. The van der Waals surface area contributed by atoms with Gasteiger partial charge in [-0.25, -0.2) is 0 Å². The molecule has 0 bridgehead atoms. The van der Waals surface area contributed by atoms with Crippen molar-refractivity contribution in [3.05, 3.63) is 53.1 Å². The third-order valence-electron chi connectivity index (χ3n) is 4.30. The summed E-state index contributed by atoms with van der Waals surface area (Å²) < 4.78 is 11.4. The Morgan fingerprint density at radius 2 is 2.19 bits per heavy atom. The molecule has 1 heterocycles. The van der Waals surface area contributed by atoms with Gasteiger partial charge in [0.1, 0.15) is 12.9 Å². The topological polar surface area (TPSA) is 105 Å². The van der Waals surface area contributed by atoms with Crippen LogP contribution in [0.25, 0.3) is 0 Å². The summed E-state index contributed by atoms with van der Waals surface area (Å²) in [6, 6.07) is 9.31. The summed E-state index contributed by atoms with van der Waals surface area (Å²) >= 11 is 0. The molecule has 1 atom stereocenters. The van der Waals surface area contributed by atoms with Gasteiger partial charge in [0.25, 0.3) is 5.91 Å². The lowest BCUT2D eigenvalue weighted by Crippen LogP contribution is -2.34. The summed E-state index contributed by atoms with van der Waals surface area (Å²) in [6.45, 7) is 2.87. The number of carbonyl (C=O) groups is 2. The van der Waals surface area contributed by atoms with Crippen LogP contribution < -0.4 is 20.3 Å². The van der Waals surface area contributed by atoms with Crippen molar-refractivity contribution in [1.29, 1.82) is 0 Å². The predicted molar refractivity (Wildman–Crippen MR) is 99.6 cm³/mol. The standard InChI is InChI=1S/C19H20BNO6/c1-2-8-26-17-5-3-4-14-16(11-27-18(14)17)21-19(23)12-6-7-15(20(24)25)13(9-12)10-22/h3-7,9-10,16,24-25H,2,8,11H2,1H3,(H,21,23). The molecule has 0 saturated carbocycles. The van der Waals surface area contributed by atoms with Crippen LogP contribution in [0.2, 0.25) is 0 Å². The number of fused-ring (bicyclic) bond motifs is 1. The van der Waals surface area contributed by atoms with E-state index in [-0.39, 0.29) is 29.2 Å². The first kappa shape index (κ1) is 18.9. The highest BCUT2D eigenvalue weighted by Gasteiger charge is 2.29. The van der Waals surface area contributed by atoms with Crippen molar-refractivity contribution in [1.82, 2.24) is 5.32 Å². The number of ether oxygens (including phenoxy) is 2. The fourth-order valence-electron chi connectivity index (χ4n) is 2.96. The van der Waals surface area contributed by atoms with Crippen molar-refractivity contribution >= 4 is 24.8 Å². The second-order valence-electron chi connectivity index (χ2n) is 6.20. The molecule has 27 heavy (non-hydrogen) atoms. The number of nitrogens with one attached hydrogen (secondary N) is 1. The molecule has 1 unspecified atom stereocenters. The third kappa shape index (κ3) is 3.96. The zero-order valence-corrected chi connectivity index (χ0v) is 14.8. The van der Waals surface area contributed by atoms with Gasteiger partial charge in [0.2, 0.25) is 0 Å². The van der Waals surface area contributed by atoms with E-state index in [0.29, 0.717) is 24.4 Å². The minimum Gasteiger partial charge on any atom is -0.490 e. The molecule has 3 N–H and O–H groups in total. The Hall–Kier alpha value is -2.84. The molecule has 1 aliphatic rings. The van der Waals surface area contributed by atoms with Crippen LogP contribution in [0.15, 0.2) is 36.4 Å². The monoisotopic (exact) mass is 369 g/mol. The summed E-state index contributed by atoms with van der Waals surface area (Å²) in [4.78, 5) is 23.7. The van der Waals surface area contributed by atoms with E-state index in [1.54, 1.807) is 0 Å². The maximum Gasteiger partial charge on any atom is 0.489 e. The number of rotatable bonds is 7. The highest BCUT2D eigenvalue weighted by atomic mass is 16.5. The predicted octanol–water partition coefficient (Wildman–Crippen LogP) is 0.831. The Morgan fingerprint density at radius 3 is 2.89 bits per heavy atom. The molecular formula is C19H20BNO6. The average molecular weight is 369 g/mol. The van der Waals surface area contributed by atoms with Gasteiger partial charge in [-0.05, 0) is 30.1 Å². The van der Waals surface area contributed by atoms with Gasteiger partial charge in [-0.1, -0.05) is 25.1 Å². The number of para-hydroxylation sites is 1. The Balaban J connectivity index is 1.78. The Labute approximate surface area is 157 Å². The molecular weight excluding hydrogens is 349 g/mol. The normalized spacial score (nSPS) is 14.9. The highest BCUT2D eigenvalue weighted by molar-refractivity contribution is 6.60. The summed E-state index contributed by atoms with van der Waals surface area (Å²) in [5.41, 5.74) is 1.17. The van der Waals surface area contributed by atoms with E-state index in [1.807, 2.05) is 25.1 Å². The van der Waals surface area contributed by atoms with E-state index in [4.69, 9.17) is 9.47 Å². The van der Waals surface area contributed by atoms with Gasteiger partial charge < -0.3 is 24.8 Å². The average Bonchev–Trinajstić information content (AvgIpc) is 3.09. The zero-order valence-electron chi connectivity index (χ0n) is 14.8. The zero-order chi connectivity index (χ0) is 19.4. The molecule has 140 valence electrons. The SMILES string of the molecule is CCCOc1cccc2c1OCC2NC(=O)c1ccc(B(O)O)c(C=O)c1. The Kier molecular flexibility index (Phi) is 5.78. The molecule has 0 aliphatic carbocycles. The summed E-state index contributed by atoms with van der Waals surface area (Å²) in [5, 5.41) is 21.4. The lowest BCUT2D eigenvalue weighted by molar-refractivity contribution is 0.0930. The summed E-state index contributed by atoms with van der Waals surface area (Å²) in [5.74, 6) is 0.887. The van der Waals surface area contributed by atoms with Crippen molar-refractivity contribution in [2.24, 2.45) is 0 Å². The van der Waals surface area contributed by atoms with E-state index >= 15 is 0 Å². The fraction of sp³-hybridized carbons (Fsp3) is 0.263. The summed E-state index contributed by atoms with van der Waals surface area (Å²) in [7, 11) is -1.78. The fourth-order valence-corrected chi connectivity index (χ4v) is 2.96. The molecule has 0 radical (unpaired) electrons. The van der Waals surface area contributed by atoms with Crippen molar-refractivity contribution in [2.75, 3.05) is 13.2 Å². The van der Waals surface area contributed by atoms with E-state index in [1.165, 1.54) is 18.2 Å². The van der Waals surface area contributed by atoms with Gasteiger partial charge >= 0.3 is 7.12 Å². The Bertz CT molecular complexity index is 854. The van der Waals surface area contributed by atoms with Crippen LogP contribution in [0.4, 0.5) is 0 Å². The molecule has 8 heteroatoms. The van der Waals surface area contributed by atoms with Crippen LogP contribution in [0, 0.1) is 0 Å². The second kappa shape index (κ2) is 8.24. The van der Waals surface area contributed by atoms with Crippen LogP contribution in [-0.4, -0.2) is 42.6 Å². The summed E-state index contributed by atoms with van der Waals surface area (Å²) in [6.07, 6.45) is 1.36. The molecule has 7 nitrogen and oxygen atoms in total. The quantitative estimate of drug-likeness (QED) is 0.493. The number of aldehydes is 1. The van der Waals surface area contributed by atoms with Crippen LogP contribution in [0.5, 0.6) is 11.5 Å². The van der Waals surface area contributed by atoms with E-state index in [0.717, 1.165) is 12.0 Å². The van der Waals surface area contributed by atoms with Crippen LogP contribution in [-0.2, 0) is 0 Å². The largest absolute Gasteiger partial charge is 0.490 e. The van der Waals surface area contributed by atoms with Crippen LogP contribution in [0.1, 0.15) is 45.7 Å². The molecule has 2 aromatic rings. The van der Waals surface area contributed by atoms with Gasteiger partial charge in [-0.2, -0.15) is 0 Å². The molecule has 1 amide bonds. The van der Waals surface area contributed by atoms with Crippen molar-refractivity contribution in [3.63, 3.8) is 0 Å². The molecule has 0 spiro atoms. The maximum atomic E-state index is 12.6. The van der Waals surface area contributed by atoms with Crippen molar-refractivity contribution in [3.8, 4) is 11.5 Å². The second-order valence-corrected chi connectivity index (χ2v) is 6.20. The Morgan fingerprint density at radius 1 is 1.37 bits per heavy atom. The minimum atomic E-state index is -1.78. The van der Waals surface area contributed by atoms with Gasteiger partial charge in [0.15, 0.2) is 11.5 Å². The number of carbonyl (C=O) groups excluding carboxylic acids is 2. The van der Waals surface area contributed by atoms with E-state index < -0.39 is 13.0 Å². The third-order valence-corrected chi connectivity index (χ3v) is 4.30. The molecule has 2 aromatic carbocycles. The van der Waals surface area contributed by atoms with Crippen LogP contribution >= 0.6 is 0 Å². The number of hydrogen-bond acceptors (Lipinski definition) is 6. The highest BCUT2D eigenvalue weighted by Crippen LogP contribution is 2.40. The van der Waals surface area contributed by atoms with E-state index in [2.05, 4.69) is 5.32 Å². The first-order valence-electron chi connectivity index (χ1n) is 8.69. The van der Waals surface area contributed by atoms with Gasteiger partial charge in [-0.3, -0.25) is 9.59 Å². The molecule has 3 rings (SSSR count). The van der Waals surface area contributed by atoms with Gasteiger partial charge in [0, 0.05) is 16.7 Å². The van der Waals surface area contributed by atoms with Crippen molar-refractivity contribution in [2.45, 2.75) is 19.4 Å². The first-order valence-corrected chi connectivity index (χ1v) is 8.69. The number of hydrogen-bond donors (Lipinski definition) is 3. The van der Waals surface area contributed by atoms with Crippen molar-refractivity contribution < 1.29 is 29.1 Å². The number of benzene rings is 2. The van der Waals surface area contributed by atoms with Crippen LogP contribution in [0.3, 0.4) is 0 Å². The number of amides is 1. The van der Waals surface area contributed by atoms with E-state index in [9.17, 15) is 19.6 Å². The molecule has 1 aliphatic heterocycles.